The molecular weight excluding hydrogens is 262 g/mol. The lowest BCUT2D eigenvalue weighted by Crippen LogP contribution is -2.28. The van der Waals surface area contributed by atoms with Crippen molar-refractivity contribution in [3.63, 3.8) is 0 Å². The van der Waals surface area contributed by atoms with Crippen LogP contribution in [0, 0.1) is 5.82 Å². The summed E-state index contributed by atoms with van der Waals surface area (Å²) in [6.45, 7) is 2.47. The van der Waals surface area contributed by atoms with Gasteiger partial charge in [-0.3, -0.25) is 0 Å². The van der Waals surface area contributed by atoms with E-state index >= 15 is 0 Å². The summed E-state index contributed by atoms with van der Waals surface area (Å²) < 4.78 is 56.9. The van der Waals surface area contributed by atoms with E-state index in [2.05, 4.69) is 5.32 Å². The lowest BCUT2D eigenvalue weighted by Gasteiger charge is -2.22. The quantitative estimate of drug-likeness (QED) is 0.804. The second kappa shape index (κ2) is 6.86. The number of hydrogen-bond acceptors (Lipinski definition) is 2. The van der Waals surface area contributed by atoms with E-state index in [-0.39, 0.29) is 12.2 Å². The van der Waals surface area contributed by atoms with Gasteiger partial charge < -0.3 is 10.1 Å². The second-order valence-electron chi connectivity index (χ2n) is 4.19. The van der Waals surface area contributed by atoms with Crippen LogP contribution in [0.3, 0.4) is 0 Å². The minimum atomic E-state index is -4.51. The van der Waals surface area contributed by atoms with Crippen LogP contribution in [0.15, 0.2) is 18.2 Å². The summed E-state index contributed by atoms with van der Waals surface area (Å²) in [5, 5.41) is 2.93. The normalized spacial score (nSPS) is 13.6. The zero-order chi connectivity index (χ0) is 14.5. The first-order chi connectivity index (χ1) is 8.90. The molecule has 1 aromatic carbocycles. The van der Waals surface area contributed by atoms with E-state index in [1.165, 1.54) is 7.11 Å². The Bertz CT molecular complexity index is 406. The molecule has 0 saturated carbocycles. The van der Waals surface area contributed by atoms with Crippen LogP contribution in [0.25, 0.3) is 0 Å². The second-order valence-corrected chi connectivity index (χ2v) is 4.19. The van der Waals surface area contributed by atoms with Crippen LogP contribution in [-0.4, -0.2) is 20.3 Å². The van der Waals surface area contributed by atoms with Gasteiger partial charge in [-0.1, -0.05) is 6.92 Å². The number of nitrogens with one attached hydrogen (secondary N) is 1. The Morgan fingerprint density at radius 2 is 2.00 bits per heavy atom. The average Bonchev–Trinajstić information content (AvgIpc) is 2.32. The van der Waals surface area contributed by atoms with Crippen LogP contribution in [-0.2, 0) is 10.9 Å². The monoisotopic (exact) mass is 279 g/mol. The van der Waals surface area contributed by atoms with Crippen LogP contribution in [0.5, 0.6) is 0 Å². The SMILES string of the molecule is CCCNC(COC)c1cc(F)ccc1C(F)(F)F. The molecule has 0 aliphatic carbocycles. The number of halogens is 4. The molecule has 0 heterocycles. The fourth-order valence-corrected chi connectivity index (χ4v) is 1.82. The maximum absolute atomic E-state index is 13.2. The molecule has 0 spiro atoms. The van der Waals surface area contributed by atoms with E-state index in [4.69, 9.17) is 4.74 Å². The van der Waals surface area contributed by atoms with Crippen molar-refractivity contribution in [1.82, 2.24) is 5.32 Å². The summed E-state index contributed by atoms with van der Waals surface area (Å²) in [4.78, 5) is 0. The lowest BCUT2D eigenvalue weighted by molar-refractivity contribution is -0.138. The standard InChI is InChI=1S/C13H17F4NO/c1-3-6-18-12(8-19-2)10-7-9(14)4-5-11(10)13(15,16)17/h4-5,7,12,18H,3,6,8H2,1-2H3. The highest BCUT2D eigenvalue weighted by molar-refractivity contribution is 5.33. The molecule has 0 bridgehead atoms. The van der Waals surface area contributed by atoms with Crippen LogP contribution in [0.2, 0.25) is 0 Å². The fourth-order valence-electron chi connectivity index (χ4n) is 1.82. The van der Waals surface area contributed by atoms with Crippen molar-refractivity contribution < 1.29 is 22.3 Å². The van der Waals surface area contributed by atoms with Crippen molar-refractivity contribution in [2.75, 3.05) is 20.3 Å². The highest BCUT2D eigenvalue weighted by Crippen LogP contribution is 2.35. The molecule has 0 aliphatic rings. The summed E-state index contributed by atoms with van der Waals surface area (Å²) in [7, 11) is 1.40. The zero-order valence-electron chi connectivity index (χ0n) is 10.9. The molecule has 0 aromatic heterocycles. The van der Waals surface area contributed by atoms with E-state index in [1.54, 1.807) is 0 Å². The number of ether oxygens (including phenoxy) is 1. The molecule has 1 rings (SSSR count). The lowest BCUT2D eigenvalue weighted by atomic mass is 10.00. The third-order valence-electron chi connectivity index (χ3n) is 2.67. The number of benzene rings is 1. The predicted octanol–water partition coefficient (Wildman–Crippen LogP) is 3.53. The maximum Gasteiger partial charge on any atom is 0.416 e. The van der Waals surface area contributed by atoms with Crippen molar-refractivity contribution in [2.45, 2.75) is 25.6 Å². The third-order valence-corrected chi connectivity index (χ3v) is 2.67. The molecule has 1 unspecified atom stereocenters. The van der Waals surface area contributed by atoms with E-state index in [9.17, 15) is 17.6 Å². The van der Waals surface area contributed by atoms with Gasteiger partial charge >= 0.3 is 6.18 Å². The Hall–Kier alpha value is -1.14. The molecule has 1 N–H and O–H groups in total. The Morgan fingerprint density at radius 3 is 2.53 bits per heavy atom. The Balaban J connectivity index is 3.15. The summed E-state index contributed by atoms with van der Waals surface area (Å²) in [6, 6.07) is 1.81. The summed E-state index contributed by atoms with van der Waals surface area (Å²) in [6.07, 6.45) is -3.75. The highest BCUT2D eigenvalue weighted by Gasteiger charge is 2.35. The minimum Gasteiger partial charge on any atom is -0.383 e. The molecule has 1 aromatic rings. The Morgan fingerprint density at radius 1 is 1.32 bits per heavy atom. The van der Waals surface area contributed by atoms with Gasteiger partial charge in [-0.2, -0.15) is 13.2 Å². The first kappa shape index (κ1) is 15.9. The van der Waals surface area contributed by atoms with Crippen molar-refractivity contribution in [2.24, 2.45) is 0 Å². The van der Waals surface area contributed by atoms with Gasteiger partial charge in [0.25, 0.3) is 0 Å². The number of alkyl halides is 3. The fraction of sp³-hybridized carbons (Fsp3) is 0.538. The summed E-state index contributed by atoms with van der Waals surface area (Å²) >= 11 is 0. The van der Waals surface area contributed by atoms with Crippen molar-refractivity contribution in [1.29, 1.82) is 0 Å². The molecule has 2 nitrogen and oxygen atoms in total. The van der Waals surface area contributed by atoms with E-state index in [0.29, 0.717) is 6.54 Å². The zero-order valence-corrected chi connectivity index (χ0v) is 10.9. The average molecular weight is 279 g/mol. The maximum atomic E-state index is 13.2. The van der Waals surface area contributed by atoms with Gasteiger partial charge in [0.15, 0.2) is 0 Å². The van der Waals surface area contributed by atoms with Crippen LogP contribution < -0.4 is 5.32 Å². The highest BCUT2D eigenvalue weighted by atomic mass is 19.4. The van der Waals surface area contributed by atoms with Gasteiger partial charge in [0.05, 0.1) is 18.2 Å². The summed E-state index contributed by atoms with van der Waals surface area (Å²) in [5.41, 5.74) is -0.956. The largest absolute Gasteiger partial charge is 0.416 e. The molecule has 1 atom stereocenters. The van der Waals surface area contributed by atoms with Gasteiger partial charge in [-0.15, -0.1) is 0 Å². The van der Waals surface area contributed by atoms with E-state index in [1.807, 2.05) is 6.92 Å². The number of hydrogen-bond donors (Lipinski definition) is 1. The molecule has 0 amide bonds. The molecule has 0 fully saturated rings. The van der Waals surface area contributed by atoms with Gasteiger partial charge in [-0.25, -0.2) is 4.39 Å². The van der Waals surface area contributed by atoms with Gasteiger partial charge in [0.2, 0.25) is 0 Å². The Labute approximate surface area is 109 Å². The topological polar surface area (TPSA) is 21.3 Å². The molecule has 0 aliphatic heterocycles. The van der Waals surface area contributed by atoms with Crippen LogP contribution in [0.1, 0.15) is 30.5 Å². The first-order valence-corrected chi connectivity index (χ1v) is 5.99. The van der Waals surface area contributed by atoms with Crippen molar-refractivity contribution in [3.8, 4) is 0 Å². The third kappa shape index (κ3) is 4.47. The van der Waals surface area contributed by atoms with Crippen LogP contribution in [0.4, 0.5) is 17.6 Å². The molecule has 6 heteroatoms. The number of rotatable bonds is 6. The number of methoxy groups -OCH3 is 1. The molecule has 0 radical (unpaired) electrons. The molecule has 108 valence electrons. The first-order valence-electron chi connectivity index (χ1n) is 5.99. The smallest absolute Gasteiger partial charge is 0.383 e. The van der Waals surface area contributed by atoms with Crippen molar-refractivity contribution in [3.05, 3.63) is 35.1 Å². The van der Waals surface area contributed by atoms with E-state index in [0.717, 1.165) is 24.6 Å². The van der Waals surface area contributed by atoms with Crippen molar-refractivity contribution >= 4 is 0 Å². The predicted molar refractivity (Wildman–Crippen MR) is 64.3 cm³/mol. The van der Waals surface area contributed by atoms with Gasteiger partial charge in [0, 0.05) is 7.11 Å². The molecule has 19 heavy (non-hydrogen) atoms. The molecule has 0 saturated heterocycles. The minimum absolute atomic E-state index is 0.0481. The molecular formula is C13H17F4NO. The van der Waals surface area contributed by atoms with Crippen LogP contribution >= 0.6 is 0 Å². The van der Waals surface area contributed by atoms with E-state index < -0.39 is 23.6 Å². The summed E-state index contributed by atoms with van der Waals surface area (Å²) in [5.74, 6) is -0.692. The van der Waals surface area contributed by atoms with Gasteiger partial charge in [-0.05, 0) is 36.7 Å². The van der Waals surface area contributed by atoms with Gasteiger partial charge in [0.1, 0.15) is 5.82 Å². The Kier molecular flexibility index (Phi) is 5.75.